The van der Waals surface area contributed by atoms with Crippen LogP contribution in [-0.2, 0) is 13.0 Å². The SMILES string of the molecule is NCCc1nc2ccccc2n1CCCCCCO. The first-order chi connectivity index (χ1) is 9.36. The van der Waals surface area contributed by atoms with Crippen LogP contribution in [0.3, 0.4) is 0 Å². The molecule has 0 amide bonds. The molecule has 104 valence electrons. The molecule has 0 atom stereocenters. The Morgan fingerprint density at radius 2 is 1.89 bits per heavy atom. The number of para-hydroxylation sites is 2. The summed E-state index contributed by atoms with van der Waals surface area (Å²) in [7, 11) is 0. The Kier molecular flexibility index (Phi) is 5.36. The van der Waals surface area contributed by atoms with Crippen molar-refractivity contribution in [2.24, 2.45) is 5.73 Å². The molecule has 0 radical (unpaired) electrons. The number of aromatic nitrogens is 2. The lowest BCUT2D eigenvalue weighted by Gasteiger charge is -2.08. The molecule has 4 nitrogen and oxygen atoms in total. The monoisotopic (exact) mass is 261 g/mol. The van der Waals surface area contributed by atoms with Gasteiger partial charge in [0.2, 0.25) is 0 Å². The molecule has 0 unspecified atom stereocenters. The quantitative estimate of drug-likeness (QED) is 0.715. The van der Waals surface area contributed by atoms with Crippen LogP contribution in [0.1, 0.15) is 31.5 Å². The molecule has 3 N–H and O–H groups in total. The Hall–Kier alpha value is -1.39. The predicted molar refractivity (Wildman–Crippen MR) is 78.0 cm³/mol. The predicted octanol–water partition coefficient (Wildman–Crippen LogP) is 2.09. The molecule has 0 saturated heterocycles. The van der Waals surface area contributed by atoms with Crippen LogP contribution in [-0.4, -0.2) is 27.8 Å². The van der Waals surface area contributed by atoms with Crippen LogP contribution in [0.2, 0.25) is 0 Å². The fraction of sp³-hybridized carbons (Fsp3) is 0.533. The van der Waals surface area contributed by atoms with E-state index in [9.17, 15) is 0 Å². The van der Waals surface area contributed by atoms with Gasteiger partial charge in [-0.3, -0.25) is 0 Å². The number of rotatable bonds is 8. The highest BCUT2D eigenvalue weighted by Gasteiger charge is 2.08. The largest absolute Gasteiger partial charge is 0.396 e. The Morgan fingerprint density at radius 3 is 2.68 bits per heavy atom. The van der Waals surface area contributed by atoms with Gasteiger partial charge in [0.05, 0.1) is 11.0 Å². The number of imidazole rings is 1. The Labute approximate surface area is 114 Å². The number of aliphatic hydroxyl groups is 1. The molecule has 1 heterocycles. The summed E-state index contributed by atoms with van der Waals surface area (Å²) in [5.74, 6) is 1.09. The van der Waals surface area contributed by atoms with Crippen LogP contribution in [0.25, 0.3) is 11.0 Å². The van der Waals surface area contributed by atoms with E-state index in [1.54, 1.807) is 0 Å². The Balaban J connectivity index is 2.08. The van der Waals surface area contributed by atoms with Gasteiger partial charge in [-0.2, -0.15) is 0 Å². The number of hydrogen-bond acceptors (Lipinski definition) is 3. The van der Waals surface area contributed by atoms with Gasteiger partial charge in [0.25, 0.3) is 0 Å². The highest BCUT2D eigenvalue weighted by atomic mass is 16.2. The molecule has 19 heavy (non-hydrogen) atoms. The Bertz CT molecular complexity index is 507. The third-order valence-electron chi connectivity index (χ3n) is 3.39. The van der Waals surface area contributed by atoms with Crippen molar-refractivity contribution >= 4 is 11.0 Å². The van der Waals surface area contributed by atoms with Crippen molar-refractivity contribution in [3.05, 3.63) is 30.1 Å². The number of aliphatic hydroxyl groups excluding tert-OH is 1. The highest BCUT2D eigenvalue weighted by Crippen LogP contribution is 2.17. The average Bonchev–Trinajstić information content (AvgIpc) is 2.77. The summed E-state index contributed by atoms with van der Waals surface area (Å²) in [5, 5.41) is 8.78. The smallest absolute Gasteiger partial charge is 0.111 e. The van der Waals surface area contributed by atoms with Crippen molar-refractivity contribution in [3.8, 4) is 0 Å². The van der Waals surface area contributed by atoms with E-state index in [1.165, 1.54) is 5.52 Å². The minimum atomic E-state index is 0.298. The molecule has 0 bridgehead atoms. The van der Waals surface area contributed by atoms with E-state index in [4.69, 9.17) is 10.8 Å². The summed E-state index contributed by atoms with van der Waals surface area (Å²) >= 11 is 0. The summed E-state index contributed by atoms with van der Waals surface area (Å²) < 4.78 is 2.29. The van der Waals surface area contributed by atoms with Gasteiger partial charge in [-0.05, 0) is 31.5 Å². The zero-order valence-electron chi connectivity index (χ0n) is 11.4. The zero-order valence-corrected chi connectivity index (χ0v) is 11.4. The molecule has 0 spiro atoms. The maximum absolute atomic E-state index is 8.78. The van der Waals surface area contributed by atoms with Crippen LogP contribution in [0, 0.1) is 0 Å². The van der Waals surface area contributed by atoms with Crippen molar-refractivity contribution in [1.82, 2.24) is 9.55 Å². The zero-order chi connectivity index (χ0) is 13.5. The number of fused-ring (bicyclic) bond motifs is 1. The Morgan fingerprint density at radius 1 is 1.11 bits per heavy atom. The van der Waals surface area contributed by atoms with Crippen LogP contribution < -0.4 is 5.73 Å². The molecule has 0 aliphatic carbocycles. The lowest BCUT2D eigenvalue weighted by atomic mass is 10.2. The maximum atomic E-state index is 8.78. The van der Waals surface area contributed by atoms with E-state index in [-0.39, 0.29) is 0 Å². The number of aryl methyl sites for hydroxylation is 1. The van der Waals surface area contributed by atoms with Crippen molar-refractivity contribution in [1.29, 1.82) is 0 Å². The van der Waals surface area contributed by atoms with E-state index in [1.807, 2.05) is 6.07 Å². The van der Waals surface area contributed by atoms with Crippen LogP contribution in [0.4, 0.5) is 0 Å². The molecule has 2 aromatic rings. The van der Waals surface area contributed by atoms with Gasteiger partial charge in [0.1, 0.15) is 5.82 Å². The van der Waals surface area contributed by atoms with Crippen molar-refractivity contribution in [3.63, 3.8) is 0 Å². The maximum Gasteiger partial charge on any atom is 0.111 e. The highest BCUT2D eigenvalue weighted by molar-refractivity contribution is 5.75. The summed E-state index contributed by atoms with van der Waals surface area (Å²) in [6, 6.07) is 8.25. The van der Waals surface area contributed by atoms with Crippen LogP contribution >= 0.6 is 0 Å². The summed E-state index contributed by atoms with van der Waals surface area (Å²) in [6.07, 6.45) is 5.09. The fourth-order valence-electron chi connectivity index (χ4n) is 2.43. The van der Waals surface area contributed by atoms with Gasteiger partial charge in [-0.25, -0.2) is 4.98 Å². The van der Waals surface area contributed by atoms with E-state index in [0.717, 1.165) is 50.0 Å². The molecule has 1 aromatic heterocycles. The first kappa shape index (κ1) is 14.0. The lowest BCUT2D eigenvalue weighted by Crippen LogP contribution is -2.10. The number of nitrogens with zero attached hydrogens (tertiary/aromatic N) is 2. The molecule has 0 fully saturated rings. The van der Waals surface area contributed by atoms with Gasteiger partial charge in [-0.1, -0.05) is 25.0 Å². The normalized spacial score (nSPS) is 11.3. The molecular formula is C15H23N3O. The minimum absolute atomic E-state index is 0.298. The van der Waals surface area contributed by atoms with E-state index in [2.05, 4.69) is 27.8 Å². The first-order valence-electron chi connectivity index (χ1n) is 7.12. The summed E-state index contributed by atoms with van der Waals surface area (Å²) in [6.45, 7) is 1.92. The van der Waals surface area contributed by atoms with Gasteiger partial charge in [0.15, 0.2) is 0 Å². The molecule has 0 aliphatic rings. The van der Waals surface area contributed by atoms with Gasteiger partial charge in [-0.15, -0.1) is 0 Å². The second-order valence-corrected chi connectivity index (χ2v) is 4.84. The fourth-order valence-corrected chi connectivity index (χ4v) is 2.43. The number of nitrogens with two attached hydrogens (primary N) is 1. The topological polar surface area (TPSA) is 64.1 Å². The van der Waals surface area contributed by atoms with Crippen molar-refractivity contribution < 1.29 is 5.11 Å². The average molecular weight is 261 g/mol. The lowest BCUT2D eigenvalue weighted by molar-refractivity contribution is 0.282. The van der Waals surface area contributed by atoms with Crippen molar-refractivity contribution in [2.75, 3.05) is 13.2 Å². The summed E-state index contributed by atoms with van der Waals surface area (Å²) in [5.41, 5.74) is 7.92. The van der Waals surface area contributed by atoms with Gasteiger partial charge in [0, 0.05) is 19.6 Å². The second kappa shape index (κ2) is 7.26. The number of hydrogen-bond donors (Lipinski definition) is 2. The number of benzene rings is 1. The van der Waals surface area contributed by atoms with E-state index >= 15 is 0 Å². The van der Waals surface area contributed by atoms with Crippen LogP contribution in [0.15, 0.2) is 24.3 Å². The first-order valence-corrected chi connectivity index (χ1v) is 7.12. The summed E-state index contributed by atoms with van der Waals surface area (Å²) in [4.78, 5) is 4.66. The molecule has 0 saturated carbocycles. The van der Waals surface area contributed by atoms with E-state index in [0.29, 0.717) is 13.2 Å². The number of unbranched alkanes of at least 4 members (excludes halogenated alkanes) is 3. The molecule has 4 heteroatoms. The third-order valence-corrected chi connectivity index (χ3v) is 3.39. The van der Waals surface area contributed by atoms with Gasteiger partial charge >= 0.3 is 0 Å². The molecular weight excluding hydrogens is 238 g/mol. The molecule has 2 rings (SSSR count). The van der Waals surface area contributed by atoms with Crippen LogP contribution in [0.5, 0.6) is 0 Å². The molecule has 1 aromatic carbocycles. The van der Waals surface area contributed by atoms with E-state index < -0.39 is 0 Å². The van der Waals surface area contributed by atoms with Gasteiger partial charge < -0.3 is 15.4 Å². The third kappa shape index (κ3) is 3.55. The van der Waals surface area contributed by atoms with Crippen molar-refractivity contribution in [2.45, 2.75) is 38.6 Å². The standard InChI is InChI=1S/C15H23N3O/c16-10-9-15-17-13-7-3-4-8-14(13)18(15)11-5-1-2-6-12-19/h3-4,7-8,19H,1-2,5-6,9-12,16H2. The molecule has 0 aliphatic heterocycles. The minimum Gasteiger partial charge on any atom is -0.396 e. The second-order valence-electron chi connectivity index (χ2n) is 4.84.